The minimum Gasteiger partial charge on any atom is -0.493 e. The highest BCUT2D eigenvalue weighted by Gasteiger charge is 2.34. The van der Waals surface area contributed by atoms with Gasteiger partial charge in [0.15, 0.2) is 15.8 Å². The second-order valence-corrected chi connectivity index (χ2v) is 8.68. The number of aromatic carboxylic acids is 2. The average Bonchev–Trinajstić information content (AvgIpc) is 3.06. The average molecular weight is 488 g/mol. The summed E-state index contributed by atoms with van der Waals surface area (Å²) in [6.07, 6.45) is 3.56. The first-order chi connectivity index (χ1) is 15.7. The monoisotopic (exact) mass is 487 g/mol. The van der Waals surface area contributed by atoms with Crippen molar-refractivity contribution in [1.29, 1.82) is 0 Å². The zero-order valence-electron chi connectivity index (χ0n) is 17.9. The third kappa shape index (κ3) is 5.52. The first kappa shape index (κ1) is 24.3. The molecule has 2 aromatic rings. The van der Waals surface area contributed by atoms with Crippen molar-refractivity contribution in [2.24, 2.45) is 0 Å². The van der Waals surface area contributed by atoms with Crippen molar-refractivity contribution in [3.63, 3.8) is 0 Å². The lowest BCUT2D eigenvalue weighted by molar-refractivity contribution is -0.113. The van der Waals surface area contributed by atoms with Crippen LogP contribution >= 0.6 is 24.0 Å². The minimum atomic E-state index is -1.31. The van der Waals surface area contributed by atoms with Gasteiger partial charge >= 0.3 is 11.9 Å². The number of nitrogens with zero attached hydrogens (tertiary/aromatic N) is 1. The maximum absolute atomic E-state index is 13.1. The molecule has 0 bridgehead atoms. The number of carbonyl (C=O) groups excluding carboxylic acids is 1. The largest absolute Gasteiger partial charge is 0.493 e. The van der Waals surface area contributed by atoms with E-state index in [-0.39, 0.29) is 21.1 Å². The van der Waals surface area contributed by atoms with Crippen LogP contribution in [0.1, 0.15) is 46.0 Å². The lowest BCUT2D eigenvalue weighted by Gasteiger charge is -2.16. The maximum atomic E-state index is 13.1. The number of hydrogen-bond donors (Lipinski definition) is 2. The highest BCUT2D eigenvalue weighted by Crippen LogP contribution is 2.38. The Balaban J connectivity index is 1.92. The lowest BCUT2D eigenvalue weighted by Crippen LogP contribution is -2.28. The molecule has 2 N–H and O–H groups in total. The zero-order valence-corrected chi connectivity index (χ0v) is 19.5. The van der Waals surface area contributed by atoms with Gasteiger partial charge in [-0.05, 0) is 48.4 Å². The number of hydrogen-bond acceptors (Lipinski definition) is 7. The number of unbranched alkanes of at least 4 members (excludes halogenated alkanes) is 1. The molecule has 0 saturated carbocycles. The van der Waals surface area contributed by atoms with Gasteiger partial charge in [-0.25, -0.2) is 9.59 Å². The van der Waals surface area contributed by atoms with E-state index in [2.05, 4.69) is 6.92 Å². The first-order valence-corrected chi connectivity index (χ1v) is 11.2. The van der Waals surface area contributed by atoms with Crippen LogP contribution in [0.2, 0.25) is 0 Å². The smallest absolute Gasteiger partial charge is 0.335 e. The number of carbonyl (C=O) groups is 3. The molecule has 0 atom stereocenters. The molecule has 1 aliphatic rings. The number of carboxylic acids is 2. The Kier molecular flexibility index (Phi) is 7.72. The fourth-order valence-corrected chi connectivity index (χ4v) is 4.35. The van der Waals surface area contributed by atoms with Crippen molar-refractivity contribution < 1.29 is 34.1 Å². The van der Waals surface area contributed by atoms with Gasteiger partial charge in [-0.3, -0.25) is 9.69 Å². The summed E-state index contributed by atoms with van der Waals surface area (Å²) in [5.74, 6) is -1.98. The van der Waals surface area contributed by atoms with Crippen LogP contribution in [0.3, 0.4) is 0 Å². The van der Waals surface area contributed by atoms with Crippen molar-refractivity contribution >= 4 is 57.9 Å². The normalized spacial score (nSPS) is 14.6. The number of rotatable bonds is 9. The number of ether oxygens (including phenoxy) is 2. The molecule has 3 rings (SSSR count). The molecule has 0 spiro atoms. The third-order valence-corrected chi connectivity index (χ3v) is 6.01. The number of carboxylic acid groups (broad SMARTS) is 2. The molecular weight excluding hydrogens is 466 g/mol. The SMILES string of the molecule is CCCCOc1ccc(/C=C2\SC(=S)N(c3cc(C(=O)O)cc(C(=O)O)c3)C2=O)cc1OC. The van der Waals surface area contributed by atoms with Gasteiger partial charge in [0.1, 0.15) is 0 Å². The molecule has 0 unspecified atom stereocenters. The fourth-order valence-electron chi connectivity index (χ4n) is 3.05. The van der Waals surface area contributed by atoms with E-state index < -0.39 is 17.8 Å². The van der Waals surface area contributed by atoms with Gasteiger partial charge in [-0.1, -0.05) is 43.4 Å². The van der Waals surface area contributed by atoms with Gasteiger partial charge in [0.05, 0.1) is 35.4 Å². The predicted molar refractivity (Wildman–Crippen MR) is 129 cm³/mol. The molecule has 1 saturated heterocycles. The molecule has 0 radical (unpaired) electrons. The van der Waals surface area contributed by atoms with E-state index >= 15 is 0 Å². The third-order valence-electron chi connectivity index (χ3n) is 4.70. The first-order valence-electron chi connectivity index (χ1n) is 9.95. The van der Waals surface area contributed by atoms with E-state index in [4.69, 9.17) is 21.7 Å². The fraction of sp³-hybridized carbons (Fsp3) is 0.217. The minimum absolute atomic E-state index is 0.0791. The summed E-state index contributed by atoms with van der Waals surface area (Å²) in [4.78, 5) is 37.3. The predicted octanol–water partition coefficient (Wildman–Crippen LogP) is 4.68. The van der Waals surface area contributed by atoms with Crippen LogP contribution in [0.25, 0.3) is 6.08 Å². The topological polar surface area (TPSA) is 113 Å². The molecule has 1 aliphatic heterocycles. The number of thiocarbonyl (C=S) groups is 1. The summed E-state index contributed by atoms with van der Waals surface area (Å²) in [7, 11) is 1.53. The lowest BCUT2D eigenvalue weighted by atomic mass is 10.1. The van der Waals surface area contributed by atoms with Gasteiger partial charge in [0.25, 0.3) is 5.91 Å². The van der Waals surface area contributed by atoms with Crippen molar-refractivity contribution in [3.8, 4) is 11.5 Å². The van der Waals surface area contributed by atoms with Crippen molar-refractivity contribution in [2.45, 2.75) is 19.8 Å². The van der Waals surface area contributed by atoms with Gasteiger partial charge in [-0.15, -0.1) is 0 Å². The number of amides is 1. The molecule has 1 amide bonds. The van der Waals surface area contributed by atoms with Gasteiger partial charge in [0.2, 0.25) is 0 Å². The standard InChI is InChI=1S/C23H21NO7S2/c1-3-4-7-31-17-6-5-13(8-18(17)30-2)9-19-20(25)24(23(32)33-19)16-11-14(21(26)27)10-15(12-16)22(28)29/h5-6,8-12H,3-4,7H2,1-2H3,(H,26,27)(H,28,29)/b19-9-. The Morgan fingerprint density at radius 2 is 1.76 bits per heavy atom. The van der Waals surface area contributed by atoms with Crippen LogP contribution in [-0.4, -0.2) is 46.1 Å². The summed E-state index contributed by atoms with van der Waals surface area (Å²) in [6, 6.07) is 8.74. The maximum Gasteiger partial charge on any atom is 0.335 e. The molecule has 0 aromatic heterocycles. The molecule has 172 valence electrons. The van der Waals surface area contributed by atoms with Crippen LogP contribution < -0.4 is 14.4 Å². The molecular formula is C23H21NO7S2. The second-order valence-electron chi connectivity index (χ2n) is 7.01. The number of thioether (sulfide) groups is 1. The Morgan fingerprint density at radius 1 is 1.09 bits per heavy atom. The van der Waals surface area contributed by atoms with Crippen molar-refractivity contribution in [2.75, 3.05) is 18.6 Å². The Bertz CT molecular complexity index is 1130. The number of benzene rings is 2. The molecule has 0 aliphatic carbocycles. The summed E-state index contributed by atoms with van der Waals surface area (Å²) < 4.78 is 11.3. The molecule has 33 heavy (non-hydrogen) atoms. The van der Waals surface area contributed by atoms with E-state index in [9.17, 15) is 24.6 Å². The second kappa shape index (κ2) is 10.5. The molecule has 10 heteroatoms. The Hall–Kier alpha value is -3.37. The highest BCUT2D eigenvalue weighted by atomic mass is 32.2. The van der Waals surface area contributed by atoms with E-state index in [0.717, 1.165) is 35.6 Å². The van der Waals surface area contributed by atoms with Gasteiger partial charge < -0.3 is 19.7 Å². The summed E-state index contributed by atoms with van der Waals surface area (Å²) >= 11 is 6.36. The van der Waals surface area contributed by atoms with Crippen LogP contribution in [0, 0.1) is 0 Å². The molecule has 1 fully saturated rings. The van der Waals surface area contributed by atoms with E-state index in [0.29, 0.717) is 28.6 Å². The zero-order chi connectivity index (χ0) is 24.1. The summed E-state index contributed by atoms with van der Waals surface area (Å²) in [5.41, 5.74) is 0.244. The van der Waals surface area contributed by atoms with E-state index in [1.165, 1.54) is 19.2 Å². The van der Waals surface area contributed by atoms with Crippen molar-refractivity contribution in [1.82, 2.24) is 0 Å². The number of methoxy groups -OCH3 is 1. The van der Waals surface area contributed by atoms with Crippen LogP contribution in [0.15, 0.2) is 41.3 Å². The van der Waals surface area contributed by atoms with Crippen LogP contribution in [0.5, 0.6) is 11.5 Å². The molecule has 8 nitrogen and oxygen atoms in total. The Labute approximate surface area is 199 Å². The number of anilines is 1. The van der Waals surface area contributed by atoms with Crippen molar-refractivity contribution in [3.05, 3.63) is 58.0 Å². The van der Waals surface area contributed by atoms with Crippen LogP contribution in [0.4, 0.5) is 5.69 Å². The van der Waals surface area contributed by atoms with Gasteiger partial charge in [-0.2, -0.15) is 0 Å². The van der Waals surface area contributed by atoms with Gasteiger partial charge in [0, 0.05) is 0 Å². The van der Waals surface area contributed by atoms with Crippen LogP contribution in [-0.2, 0) is 4.79 Å². The Morgan fingerprint density at radius 3 is 2.33 bits per heavy atom. The van der Waals surface area contributed by atoms with E-state index in [1.807, 2.05) is 0 Å². The quantitative estimate of drug-likeness (QED) is 0.296. The molecule has 2 aromatic carbocycles. The summed E-state index contributed by atoms with van der Waals surface area (Å²) in [5, 5.41) is 18.6. The van der Waals surface area contributed by atoms with E-state index in [1.54, 1.807) is 24.3 Å². The summed E-state index contributed by atoms with van der Waals surface area (Å²) in [6.45, 7) is 2.64. The molecule has 1 heterocycles. The highest BCUT2D eigenvalue weighted by molar-refractivity contribution is 8.27.